The number of carbonyl (C=O) groups excluding carboxylic acids is 2. The van der Waals surface area contributed by atoms with Crippen molar-refractivity contribution in [3.05, 3.63) is 57.8 Å². The van der Waals surface area contributed by atoms with Crippen LogP contribution in [-0.2, 0) is 0 Å². The number of fused-ring (bicyclic) bond motifs is 1. The standard InChI is InChI=1S/C25H22N6O2S2/c1-14(32)15-4-6-16(7-5-15)30-8-10-31(11-9-30)25(33)22-21(27)20-19(18-3-2-12-34-18)17(13-26)23(28)29-24(20)35-22/h2-7,12H,8-11,27H2,1H3,(H2,28,29). The van der Waals surface area contributed by atoms with E-state index >= 15 is 0 Å². The number of aromatic nitrogens is 1. The first-order valence-corrected chi connectivity index (χ1v) is 12.7. The zero-order valence-corrected chi connectivity index (χ0v) is 20.6. The maximum absolute atomic E-state index is 13.5. The van der Waals surface area contributed by atoms with Gasteiger partial charge in [0.1, 0.15) is 27.2 Å². The minimum atomic E-state index is -0.147. The Morgan fingerprint density at radius 3 is 2.40 bits per heavy atom. The van der Waals surface area contributed by atoms with Gasteiger partial charge in [0.15, 0.2) is 5.78 Å². The number of nitrogen functional groups attached to an aromatic ring is 2. The molecule has 1 aliphatic rings. The van der Waals surface area contributed by atoms with Gasteiger partial charge in [0.2, 0.25) is 0 Å². The molecule has 1 fully saturated rings. The van der Waals surface area contributed by atoms with Crippen LogP contribution < -0.4 is 16.4 Å². The largest absolute Gasteiger partial charge is 0.397 e. The third kappa shape index (κ3) is 3.99. The quantitative estimate of drug-likeness (QED) is 0.400. The lowest BCUT2D eigenvalue weighted by Crippen LogP contribution is -2.48. The second-order valence-electron chi connectivity index (χ2n) is 8.24. The maximum atomic E-state index is 13.5. The Balaban J connectivity index is 1.42. The van der Waals surface area contributed by atoms with Crippen molar-refractivity contribution in [1.29, 1.82) is 5.26 Å². The Hall–Kier alpha value is -3.94. The lowest BCUT2D eigenvalue weighted by molar-refractivity contribution is 0.0752. The van der Waals surface area contributed by atoms with E-state index in [1.807, 2.05) is 41.8 Å². The number of ketones is 1. The molecule has 8 nitrogen and oxygen atoms in total. The Kier molecular flexibility index (Phi) is 5.88. The van der Waals surface area contributed by atoms with Crippen molar-refractivity contribution in [2.45, 2.75) is 6.92 Å². The highest BCUT2D eigenvalue weighted by Crippen LogP contribution is 2.44. The number of nitrogens with zero attached hydrogens (tertiary/aromatic N) is 4. The van der Waals surface area contributed by atoms with Crippen LogP contribution in [0.5, 0.6) is 0 Å². The van der Waals surface area contributed by atoms with Gasteiger partial charge in [-0.2, -0.15) is 5.26 Å². The number of benzene rings is 1. The number of amides is 1. The average Bonchev–Trinajstić information content (AvgIpc) is 3.51. The van der Waals surface area contributed by atoms with Crippen molar-refractivity contribution in [3.63, 3.8) is 0 Å². The molecule has 4 N–H and O–H groups in total. The second kappa shape index (κ2) is 9.02. The molecular formula is C25H22N6O2S2. The fraction of sp³-hybridized carbons (Fsp3) is 0.200. The highest BCUT2D eigenvalue weighted by Gasteiger charge is 2.29. The second-order valence-corrected chi connectivity index (χ2v) is 10.2. The van der Waals surface area contributed by atoms with Crippen molar-refractivity contribution in [1.82, 2.24) is 9.88 Å². The van der Waals surface area contributed by atoms with Gasteiger partial charge >= 0.3 is 0 Å². The van der Waals surface area contributed by atoms with Gasteiger partial charge in [-0.25, -0.2) is 4.98 Å². The molecule has 1 aliphatic heterocycles. The molecule has 0 unspecified atom stereocenters. The number of anilines is 3. The average molecular weight is 503 g/mol. The molecular weight excluding hydrogens is 480 g/mol. The molecule has 0 aliphatic carbocycles. The molecule has 176 valence electrons. The van der Waals surface area contributed by atoms with Gasteiger partial charge in [0, 0.05) is 53.3 Å². The van der Waals surface area contributed by atoms with E-state index in [-0.39, 0.29) is 23.1 Å². The van der Waals surface area contributed by atoms with E-state index in [0.717, 1.165) is 10.6 Å². The third-order valence-corrected chi connectivity index (χ3v) is 8.16. The molecule has 0 radical (unpaired) electrons. The summed E-state index contributed by atoms with van der Waals surface area (Å²) >= 11 is 2.69. The molecule has 1 amide bonds. The lowest BCUT2D eigenvalue weighted by atomic mass is 10.0. The van der Waals surface area contributed by atoms with E-state index < -0.39 is 0 Å². The van der Waals surface area contributed by atoms with Crippen molar-refractivity contribution in [3.8, 4) is 16.5 Å². The first-order valence-electron chi connectivity index (χ1n) is 11.0. The summed E-state index contributed by atoms with van der Waals surface area (Å²) in [5.41, 5.74) is 15.6. The van der Waals surface area contributed by atoms with E-state index in [2.05, 4.69) is 16.0 Å². The molecule has 0 bridgehead atoms. The molecule has 4 heterocycles. The normalized spacial score (nSPS) is 13.7. The molecule has 0 spiro atoms. The van der Waals surface area contributed by atoms with Gasteiger partial charge in [-0.3, -0.25) is 9.59 Å². The topological polar surface area (TPSA) is 129 Å². The van der Waals surface area contributed by atoms with Crippen LogP contribution in [0.2, 0.25) is 0 Å². The van der Waals surface area contributed by atoms with Crippen LogP contribution in [-0.4, -0.2) is 47.8 Å². The maximum Gasteiger partial charge on any atom is 0.266 e. The number of thiophene rings is 2. The number of pyridine rings is 1. The first-order chi connectivity index (χ1) is 16.9. The molecule has 0 atom stereocenters. The van der Waals surface area contributed by atoms with Crippen LogP contribution in [0.3, 0.4) is 0 Å². The minimum Gasteiger partial charge on any atom is -0.397 e. The molecule has 1 aromatic carbocycles. The Morgan fingerprint density at radius 1 is 1.09 bits per heavy atom. The third-order valence-electron chi connectivity index (χ3n) is 6.18. The molecule has 35 heavy (non-hydrogen) atoms. The summed E-state index contributed by atoms with van der Waals surface area (Å²) < 4.78 is 0. The smallest absolute Gasteiger partial charge is 0.266 e. The van der Waals surface area contributed by atoms with E-state index in [9.17, 15) is 14.9 Å². The summed E-state index contributed by atoms with van der Waals surface area (Å²) in [4.78, 5) is 35.2. The zero-order valence-electron chi connectivity index (χ0n) is 18.9. The monoisotopic (exact) mass is 502 g/mol. The summed E-state index contributed by atoms with van der Waals surface area (Å²) in [7, 11) is 0. The fourth-order valence-electron chi connectivity index (χ4n) is 4.33. The number of carbonyl (C=O) groups is 2. The molecule has 10 heteroatoms. The van der Waals surface area contributed by atoms with Crippen molar-refractivity contribution in [2.75, 3.05) is 42.5 Å². The van der Waals surface area contributed by atoms with E-state index in [4.69, 9.17) is 11.5 Å². The Bertz CT molecular complexity index is 1480. The van der Waals surface area contributed by atoms with Crippen LogP contribution in [0.4, 0.5) is 17.2 Å². The summed E-state index contributed by atoms with van der Waals surface area (Å²) in [6, 6.07) is 13.5. The van der Waals surface area contributed by atoms with Gasteiger partial charge in [0.05, 0.1) is 5.69 Å². The number of piperazine rings is 1. The lowest BCUT2D eigenvalue weighted by Gasteiger charge is -2.36. The van der Waals surface area contributed by atoms with Crippen molar-refractivity contribution < 1.29 is 9.59 Å². The fourth-order valence-corrected chi connectivity index (χ4v) is 6.19. The van der Waals surface area contributed by atoms with Gasteiger partial charge in [0.25, 0.3) is 5.91 Å². The van der Waals surface area contributed by atoms with Crippen molar-refractivity contribution >= 4 is 61.8 Å². The van der Waals surface area contributed by atoms with Gasteiger partial charge in [-0.1, -0.05) is 6.07 Å². The summed E-state index contributed by atoms with van der Waals surface area (Å²) in [6.07, 6.45) is 0. The Labute approximate surface area is 210 Å². The van der Waals surface area contributed by atoms with Crippen LogP contribution >= 0.6 is 22.7 Å². The predicted octanol–water partition coefficient (Wildman–Crippen LogP) is 4.23. The molecule has 3 aromatic heterocycles. The number of Topliss-reactive ketones (excluding diaryl/α,β-unsaturated/α-hetero) is 1. The number of hydrogen-bond donors (Lipinski definition) is 2. The van der Waals surface area contributed by atoms with Crippen LogP contribution in [0.15, 0.2) is 41.8 Å². The predicted molar refractivity (Wildman–Crippen MR) is 141 cm³/mol. The SMILES string of the molecule is CC(=O)c1ccc(N2CCN(C(=O)c3sc4nc(N)c(C#N)c(-c5cccs5)c4c3N)CC2)cc1. The van der Waals surface area contributed by atoms with Crippen molar-refractivity contribution in [2.24, 2.45) is 0 Å². The van der Waals surface area contributed by atoms with Gasteiger partial charge in [-0.15, -0.1) is 22.7 Å². The molecule has 4 aromatic rings. The van der Waals surface area contributed by atoms with Gasteiger partial charge in [-0.05, 0) is 42.6 Å². The van der Waals surface area contributed by atoms with E-state index in [0.29, 0.717) is 58.1 Å². The Morgan fingerprint density at radius 2 is 1.80 bits per heavy atom. The van der Waals surface area contributed by atoms with E-state index in [1.54, 1.807) is 11.8 Å². The van der Waals surface area contributed by atoms with Gasteiger partial charge < -0.3 is 21.3 Å². The highest BCUT2D eigenvalue weighted by atomic mass is 32.1. The van der Waals surface area contributed by atoms with Crippen LogP contribution in [0.25, 0.3) is 20.7 Å². The molecule has 5 rings (SSSR count). The summed E-state index contributed by atoms with van der Waals surface area (Å²) in [5, 5.41) is 12.3. The summed E-state index contributed by atoms with van der Waals surface area (Å²) in [5.74, 6) is 0.0209. The number of nitrogens with two attached hydrogens (primary N) is 2. The number of hydrogen-bond acceptors (Lipinski definition) is 9. The number of rotatable bonds is 4. The van der Waals surface area contributed by atoms with E-state index in [1.165, 1.54) is 22.7 Å². The van der Waals surface area contributed by atoms with Crippen LogP contribution in [0.1, 0.15) is 32.5 Å². The highest BCUT2D eigenvalue weighted by molar-refractivity contribution is 7.21. The zero-order chi connectivity index (χ0) is 24.7. The summed E-state index contributed by atoms with van der Waals surface area (Å²) in [6.45, 7) is 3.96. The van der Waals surface area contributed by atoms with Crippen LogP contribution in [0, 0.1) is 11.3 Å². The first kappa shape index (κ1) is 22.8. The number of nitriles is 1. The molecule has 1 saturated heterocycles. The molecule has 0 saturated carbocycles. The minimum absolute atomic E-state index is 0.0354.